The van der Waals surface area contributed by atoms with Crippen LogP contribution in [0.1, 0.15) is 32.3 Å². The van der Waals surface area contributed by atoms with Gasteiger partial charge in [-0.3, -0.25) is 4.79 Å². The zero-order valence-electron chi connectivity index (χ0n) is 12.3. The number of nitrogens with two attached hydrogens (primary N) is 1. The summed E-state index contributed by atoms with van der Waals surface area (Å²) in [6.45, 7) is 3.78. The van der Waals surface area contributed by atoms with Crippen molar-refractivity contribution in [3.8, 4) is 0 Å². The first-order valence-corrected chi connectivity index (χ1v) is 7.00. The van der Waals surface area contributed by atoms with Crippen LogP contribution in [0, 0.1) is 11.7 Å². The summed E-state index contributed by atoms with van der Waals surface area (Å²) in [7, 11) is 0. The van der Waals surface area contributed by atoms with E-state index in [-0.39, 0.29) is 23.6 Å². The molecule has 0 saturated heterocycles. The van der Waals surface area contributed by atoms with Crippen LogP contribution in [0.15, 0.2) is 29.4 Å². The molecule has 5 nitrogen and oxygen atoms in total. The van der Waals surface area contributed by atoms with E-state index in [0.29, 0.717) is 12.8 Å². The van der Waals surface area contributed by atoms with Crippen LogP contribution in [-0.4, -0.2) is 23.0 Å². The summed E-state index contributed by atoms with van der Waals surface area (Å²) in [6, 6.07) is 6.02. The molecule has 0 spiro atoms. The zero-order chi connectivity index (χ0) is 15.8. The van der Waals surface area contributed by atoms with Crippen LogP contribution in [0.3, 0.4) is 0 Å². The van der Waals surface area contributed by atoms with Crippen molar-refractivity contribution in [3.05, 3.63) is 35.6 Å². The van der Waals surface area contributed by atoms with Gasteiger partial charge in [0.05, 0.1) is 5.92 Å². The van der Waals surface area contributed by atoms with E-state index in [0.717, 1.165) is 12.0 Å². The van der Waals surface area contributed by atoms with Crippen LogP contribution < -0.4 is 11.1 Å². The molecule has 0 aliphatic heterocycles. The monoisotopic (exact) mass is 295 g/mol. The summed E-state index contributed by atoms with van der Waals surface area (Å²) in [6.07, 6.45) is 1.85. The Morgan fingerprint density at radius 3 is 2.57 bits per heavy atom. The molecule has 0 aliphatic carbocycles. The number of nitrogens with one attached hydrogen (secondary N) is 1. The van der Waals surface area contributed by atoms with E-state index < -0.39 is 5.92 Å². The van der Waals surface area contributed by atoms with Gasteiger partial charge in [-0.2, -0.15) is 0 Å². The Bertz CT molecular complexity index is 488. The number of amidine groups is 1. The van der Waals surface area contributed by atoms with E-state index in [4.69, 9.17) is 10.9 Å². The SMILES string of the molecule is CCCC(C(=O)NC(C)Cc1ccc(F)cc1)C(N)=NO. The van der Waals surface area contributed by atoms with Crippen LogP contribution in [-0.2, 0) is 11.2 Å². The number of oxime groups is 1. The number of amides is 1. The van der Waals surface area contributed by atoms with Gasteiger partial charge in [-0.05, 0) is 37.5 Å². The highest BCUT2D eigenvalue weighted by atomic mass is 19.1. The van der Waals surface area contributed by atoms with Crippen LogP contribution in [0.5, 0.6) is 0 Å². The minimum Gasteiger partial charge on any atom is -0.409 e. The van der Waals surface area contributed by atoms with Crippen molar-refractivity contribution in [2.24, 2.45) is 16.8 Å². The molecular formula is C15H22FN3O2. The Kier molecular flexibility index (Phi) is 6.65. The lowest BCUT2D eigenvalue weighted by Gasteiger charge is -2.19. The Balaban J connectivity index is 2.61. The highest BCUT2D eigenvalue weighted by Gasteiger charge is 2.23. The van der Waals surface area contributed by atoms with Gasteiger partial charge in [0.15, 0.2) is 5.84 Å². The minimum atomic E-state index is -0.629. The van der Waals surface area contributed by atoms with Gasteiger partial charge >= 0.3 is 0 Å². The summed E-state index contributed by atoms with van der Waals surface area (Å²) in [5.41, 5.74) is 6.48. The second kappa shape index (κ2) is 8.24. The summed E-state index contributed by atoms with van der Waals surface area (Å²) < 4.78 is 12.8. The molecule has 0 bridgehead atoms. The van der Waals surface area contributed by atoms with Crippen LogP contribution >= 0.6 is 0 Å². The maximum Gasteiger partial charge on any atom is 0.231 e. The maximum absolute atomic E-state index is 12.8. The maximum atomic E-state index is 12.8. The Labute approximate surface area is 124 Å². The molecule has 2 unspecified atom stereocenters. The van der Waals surface area contributed by atoms with Gasteiger partial charge < -0.3 is 16.3 Å². The normalized spacial score (nSPS) is 14.5. The molecule has 1 aromatic rings. The quantitative estimate of drug-likeness (QED) is 0.311. The largest absolute Gasteiger partial charge is 0.409 e. The lowest BCUT2D eigenvalue weighted by Crippen LogP contribution is -2.43. The predicted octanol–water partition coefficient (Wildman–Crippen LogP) is 2.04. The number of carbonyl (C=O) groups excluding carboxylic acids is 1. The fourth-order valence-corrected chi connectivity index (χ4v) is 2.14. The molecule has 1 amide bonds. The molecular weight excluding hydrogens is 273 g/mol. The zero-order valence-corrected chi connectivity index (χ0v) is 12.3. The van der Waals surface area contributed by atoms with E-state index in [1.807, 2.05) is 13.8 Å². The standard InChI is InChI=1S/C15H22FN3O2/c1-3-4-13(14(17)19-21)15(20)18-10(2)9-11-5-7-12(16)8-6-11/h5-8,10,13,21H,3-4,9H2,1-2H3,(H2,17,19)(H,18,20). The van der Waals surface area contributed by atoms with E-state index in [2.05, 4.69) is 10.5 Å². The van der Waals surface area contributed by atoms with Gasteiger partial charge in [0.25, 0.3) is 0 Å². The minimum absolute atomic E-state index is 0.0802. The van der Waals surface area contributed by atoms with E-state index >= 15 is 0 Å². The number of rotatable bonds is 7. The molecule has 116 valence electrons. The van der Waals surface area contributed by atoms with Gasteiger partial charge in [0, 0.05) is 6.04 Å². The first-order valence-electron chi connectivity index (χ1n) is 7.00. The third-order valence-corrected chi connectivity index (χ3v) is 3.21. The van der Waals surface area contributed by atoms with Gasteiger partial charge in [-0.25, -0.2) is 4.39 Å². The van der Waals surface area contributed by atoms with Crippen molar-refractivity contribution in [3.63, 3.8) is 0 Å². The summed E-state index contributed by atoms with van der Waals surface area (Å²) in [4.78, 5) is 12.1. The van der Waals surface area contributed by atoms with Gasteiger partial charge in [-0.15, -0.1) is 0 Å². The lowest BCUT2D eigenvalue weighted by atomic mass is 10.00. The van der Waals surface area contributed by atoms with Crippen molar-refractivity contribution < 1.29 is 14.4 Å². The smallest absolute Gasteiger partial charge is 0.231 e. The van der Waals surface area contributed by atoms with Crippen molar-refractivity contribution in [1.82, 2.24) is 5.32 Å². The van der Waals surface area contributed by atoms with E-state index in [1.165, 1.54) is 12.1 Å². The molecule has 0 radical (unpaired) electrons. The lowest BCUT2D eigenvalue weighted by molar-refractivity contribution is -0.123. The fourth-order valence-electron chi connectivity index (χ4n) is 2.14. The Hall–Kier alpha value is -2.11. The average Bonchev–Trinajstić information content (AvgIpc) is 2.46. The van der Waals surface area contributed by atoms with Crippen LogP contribution in [0.2, 0.25) is 0 Å². The second-order valence-corrected chi connectivity index (χ2v) is 5.11. The Morgan fingerprint density at radius 2 is 2.05 bits per heavy atom. The van der Waals surface area contributed by atoms with E-state index in [1.54, 1.807) is 12.1 Å². The predicted molar refractivity (Wildman–Crippen MR) is 79.5 cm³/mol. The average molecular weight is 295 g/mol. The molecule has 4 N–H and O–H groups in total. The number of halogens is 1. The second-order valence-electron chi connectivity index (χ2n) is 5.11. The molecule has 21 heavy (non-hydrogen) atoms. The summed E-state index contributed by atoms with van der Waals surface area (Å²) >= 11 is 0. The van der Waals surface area contributed by atoms with Gasteiger partial charge in [-0.1, -0.05) is 30.6 Å². The Morgan fingerprint density at radius 1 is 1.43 bits per heavy atom. The van der Waals surface area contributed by atoms with Crippen molar-refractivity contribution in [1.29, 1.82) is 0 Å². The number of hydrogen-bond donors (Lipinski definition) is 3. The van der Waals surface area contributed by atoms with Crippen molar-refractivity contribution >= 4 is 11.7 Å². The van der Waals surface area contributed by atoms with Crippen molar-refractivity contribution in [2.75, 3.05) is 0 Å². The number of nitrogens with zero attached hydrogens (tertiary/aromatic N) is 1. The first-order chi connectivity index (χ1) is 9.97. The van der Waals surface area contributed by atoms with Crippen molar-refractivity contribution in [2.45, 2.75) is 39.2 Å². The molecule has 1 aromatic carbocycles. The number of carbonyl (C=O) groups is 1. The molecule has 0 fully saturated rings. The molecule has 1 rings (SSSR count). The first kappa shape index (κ1) is 16.9. The molecule has 2 atom stereocenters. The van der Waals surface area contributed by atoms with Gasteiger partial charge in [0.2, 0.25) is 5.91 Å². The van der Waals surface area contributed by atoms with E-state index in [9.17, 15) is 9.18 Å². The molecule has 0 saturated carbocycles. The summed E-state index contributed by atoms with van der Waals surface area (Å²) in [5.74, 6) is -1.26. The molecule has 6 heteroatoms. The van der Waals surface area contributed by atoms with Crippen LogP contribution in [0.4, 0.5) is 4.39 Å². The number of hydrogen-bond acceptors (Lipinski definition) is 3. The molecule has 0 aromatic heterocycles. The molecule has 0 aliphatic rings. The number of benzene rings is 1. The summed E-state index contributed by atoms with van der Waals surface area (Å²) in [5, 5.41) is 14.5. The molecule has 0 heterocycles. The highest BCUT2D eigenvalue weighted by Crippen LogP contribution is 2.09. The topological polar surface area (TPSA) is 87.7 Å². The fraction of sp³-hybridized carbons (Fsp3) is 0.467. The van der Waals surface area contributed by atoms with Crippen LogP contribution in [0.25, 0.3) is 0 Å². The highest BCUT2D eigenvalue weighted by molar-refractivity contribution is 6.02. The third-order valence-electron chi connectivity index (χ3n) is 3.21. The third kappa shape index (κ3) is 5.41. The van der Waals surface area contributed by atoms with Gasteiger partial charge in [0.1, 0.15) is 5.82 Å².